The molecule has 0 aromatic heterocycles. The Morgan fingerprint density at radius 1 is 0.717 bits per heavy atom. The van der Waals surface area contributed by atoms with Gasteiger partial charge in [0, 0.05) is 57.2 Å². The molecule has 2 unspecified atom stereocenters. The topological polar surface area (TPSA) is 135 Å². The van der Waals surface area contributed by atoms with E-state index in [0.717, 1.165) is 128 Å². The first-order valence-corrected chi connectivity index (χ1v) is 22.5. The van der Waals surface area contributed by atoms with Crippen LogP contribution in [0, 0.1) is 0 Å². The molecule has 332 valence electrons. The smallest absolute Gasteiger partial charge is 0.121 e. The van der Waals surface area contributed by atoms with E-state index in [1.807, 2.05) is 25.1 Å². The fraction of sp³-hybridized carbons (Fsp3) is 0.529. The first-order chi connectivity index (χ1) is 29.3. The van der Waals surface area contributed by atoms with E-state index in [1.54, 1.807) is 24.3 Å². The third-order valence-corrected chi connectivity index (χ3v) is 10.8. The number of ether oxygens (including phenoxy) is 2. The van der Waals surface area contributed by atoms with Crippen molar-refractivity contribution in [3.63, 3.8) is 0 Å². The number of phenolic OH excluding ortho intramolecular Hbond substituents is 1. The number of aryl methyl sites for hydroxylation is 1. The van der Waals surface area contributed by atoms with Crippen LogP contribution in [0.25, 0.3) is 0 Å². The number of nitrogens with one attached hydrogen (secondary N) is 1. The lowest BCUT2D eigenvalue weighted by Crippen LogP contribution is -2.30. The predicted octanol–water partition coefficient (Wildman–Crippen LogP) is 9.78. The number of rotatable bonds is 35. The average Bonchev–Trinajstić information content (AvgIpc) is 3.25. The molecule has 9 heteroatoms. The molecular weight excluding hydrogens is 753 g/mol. The Balaban J connectivity index is 1.38. The largest absolute Gasteiger partial charge is 0.508 e. The molecule has 2 atom stereocenters. The Morgan fingerprint density at radius 2 is 1.32 bits per heavy atom. The molecule has 0 fully saturated rings. The zero-order valence-electron chi connectivity index (χ0n) is 36.5. The summed E-state index contributed by atoms with van der Waals surface area (Å²) in [6, 6.07) is 20.6. The summed E-state index contributed by atoms with van der Waals surface area (Å²) in [4.78, 5) is 2.12. The number of aliphatic hydroxyl groups is 3. The van der Waals surface area contributed by atoms with Crippen LogP contribution in [0.15, 0.2) is 103 Å². The molecule has 0 spiro atoms. The van der Waals surface area contributed by atoms with Crippen LogP contribution in [0.1, 0.15) is 130 Å². The van der Waals surface area contributed by atoms with Gasteiger partial charge in [-0.05, 0) is 131 Å². The molecule has 3 rings (SSSR count). The molecule has 6 N–H and O–H groups in total. The van der Waals surface area contributed by atoms with Crippen LogP contribution in [0.5, 0.6) is 11.5 Å². The van der Waals surface area contributed by atoms with Gasteiger partial charge < -0.3 is 40.3 Å². The van der Waals surface area contributed by atoms with Crippen LogP contribution in [0.3, 0.4) is 0 Å². The van der Waals surface area contributed by atoms with Gasteiger partial charge in [0.1, 0.15) is 11.5 Å². The van der Waals surface area contributed by atoms with Crippen molar-refractivity contribution in [3.8, 4) is 11.5 Å². The Hall–Kier alpha value is -3.80. The SMILES string of the molecule is C=C/C=C(\C=C/C)CCCCOCCCCCCNCC(O)c1ccc(O)c(CN(CCCCCCOCCCCc2ccccc2)CC(O)c2ccc(O)c(CO)c2)c1. The van der Waals surface area contributed by atoms with E-state index in [0.29, 0.717) is 42.9 Å². The summed E-state index contributed by atoms with van der Waals surface area (Å²) in [6.45, 7) is 11.3. The Kier molecular flexibility index (Phi) is 27.0. The van der Waals surface area contributed by atoms with E-state index in [-0.39, 0.29) is 18.1 Å². The molecule has 3 aromatic carbocycles. The minimum Gasteiger partial charge on any atom is -0.508 e. The second-order valence-corrected chi connectivity index (χ2v) is 15.8. The molecular formula is C51H76N2O7. The summed E-state index contributed by atoms with van der Waals surface area (Å²) in [5, 5.41) is 56.3. The quantitative estimate of drug-likeness (QED) is 0.0253. The Bertz CT molecular complexity index is 1630. The number of aliphatic hydroxyl groups excluding tert-OH is 3. The van der Waals surface area contributed by atoms with Crippen molar-refractivity contribution < 1.29 is 35.0 Å². The maximum absolute atomic E-state index is 11.3. The van der Waals surface area contributed by atoms with Crippen LogP contribution >= 0.6 is 0 Å². The standard InChI is InChI=1S/C51H76N2O7/c1-3-20-42(21-4-2)24-12-18-34-59-32-16-7-5-14-30-52-38-50(57)44-26-28-48(55)46(36-44)39-53(40-51(58)45-27-29-49(56)47(37-45)41-54)31-15-6-8-17-33-60-35-19-13-25-43-22-10-9-11-23-43/h3-4,9-11,20-23,26-29,36-37,50-52,54-58H,1,5-8,12-19,24-25,30-35,38-41H2,2H3/b21-4-,42-20+. The fourth-order valence-electron chi connectivity index (χ4n) is 7.26. The monoisotopic (exact) mass is 829 g/mol. The average molecular weight is 829 g/mol. The predicted molar refractivity (Wildman–Crippen MR) is 245 cm³/mol. The highest BCUT2D eigenvalue weighted by Gasteiger charge is 2.18. The first-order valence-electron chi connectivity index (χ1n) is 22.5. The van der Waals surface area contributed by atoms with Gasteiger partial charge in [-0.25, -0.2) is 0 Å². The van der Waals surface area contributed by atoms with Crippen LogP contribution in [-0.2, 0) is 29.0 Å². The Morgan fingerprint density at radius 3 is 1.98 bits per heavy atom. The van der Waals surface area contributed by atoms with Gasteiger partial charge in [-0.15, -0.1) is 0 Å². The molecule has 0 saturated carbocycles. The number of aromatic hydroxyl groups is 2. The molecule has 0 aliphatic carbocycles. The minimum atomic E-state index is -0.865. The van der Waals surface area contributed by atoms with Gasteiger partial charge in [-0.2, -0.15) is 0 Å². The summed E-state index contributed by atoms with van der Waals surface area (Å²) in [7, 11) is 0. The van der Waals surface area contributed by atoms with Gasteiger partial charge >= 0.3 is 0 Å². The third-order valence-electron chi connectivity index (χ3n) is 10.8. The van der Waals surface area contributed by atoms with Gasteiger partial charge in [-0.3, -0.25) is 4.90 Å². The summed E-state index contributed by atoms with van der Waals surface area (Å²) < 4.78 is 11.7. The zero-order valence-corrected chi connectivity index (χ0v) is 36.5. The fourth-order valence-corrected chi connectivity index (χ4v) is 7.26. The van der Waals surface area contributed by atoms with E-state index < -0.39 is 12.2 Å². The number of nitrogens with zero attached hydrogens (tertiary/aromatic N) is 1. The molecule has 9 nitrogen and oxygen atoms in total. The normalized spacial score (nSPS) is 13.1. The summed E-state index contributed by atoms with van der Waals surface area (Å²) in [6.07, 6.45) is 21.3. The molecule has 3 aromatic rings. The second kappa shape index (κ2) is 32.0. The summed E-state index contributed by atoms with van der Waals surface area (Å²) in [5.41, 5.74) is 5.06. The van der Waals surface area contributed by atoms with Gasteiger partial charge in [0.15, 0.2) is 0 Å². The van der Waals surface area contributed by atoms with E-state index in [9.17, 15) is 25.5 Å². The van der Waals surface area contributed by atoms with Crippen molar-refractivity contribution in [2.45, 2.75) is 122 Å². The second-order valence-electron chi connectivity index (χ2n) is 15.8. The zero-order chi connectivity index (χ0) is 43.0. The minimum absolute atomic E-state index is 0.00802. The van der Waals surface area contributed by atoms with Crippen molar-refractivity contribution in [2.24, 2.45) is 0 Å². The highest BCUT2D eigenvalue weighted by Crippen LogP contribution is 2.27. The number of hydrogen-bond acceptors (Lipinski definition) is 9. The Labute approximate surface area is 361 Å². The molecule has 0 bridgehead atoms. The molecule has 0 aliphatic heterocycles. The summed E-state index contributed by atoms with van der Waals surface area (Å²) in [5.74, 6) is 0.140. The van der Waals surface area contributed by atoms with Crippen molar-refractivity contribution in [1.82, 2.24) is 10.2 Å². The molecule has 0 amide bonds. The van der Waals surface area contributed by atoms with Gasteiger partial charge in [0.25, 0.3) is 0 Å². The molecule has 0 aliphatic rings. The van der Waals surface area contributed by atoms with Crippen molar-refractivity contribution in [2.75, 3.05) is 52.6 Å². The number of phenols is 2. The van der Waals surface area contributed by atoms with Crippen LogP contribution in [-0.4, -0.2) is 83.0 Å². The van der Waals surface area contributed by atoms with Crippen molar-refractivity contribution in [3.05, 3.63) is 131 Å². The highest BCUT2D eigenvalue weighted by molar-refractivity contribution is 5.38. The molecule has 60 heavy (non-hydrogen) atoms. The van der Waals surface area contributed by atoms with Crippen LogP contribution in [0.2, 0.25) is 0 Å². The number of benzene rings is 3. The van der Waals surface area contributed by atoms with E-state index in [1.165, 1.54) is 17.2 Å². The van der Waals surface area contributed by atoms with Gasteiger partial charge in [-0.1, -0.05) is 99.0 Å². The lowest BCUT2D eigenvalue weighted by molar-refractivity contribution is 0.106. The maximum atomic E-state index is 11.3. The van der Waals surface area contributed by atoms with Crippen LogP contribution < -0.4 is 5.32 Å². The van der Waals surface area contributed by atoms with E-state index in [2.05, 4.69) is 59.3 Å². The van der Waals surface area contributed by atoms with Gasteiger partial charge in [0.2, 0.25) is 0 Å². The van der Waals surface area contributed by atoms with E-state index in [4.69, 9.17) is 9.47 Å². The molecule has 0 heterocycles. The van der Waals surface area contributed by atoms with Crippen molar-refractivity contribution in [1.29, 1.82) is 0 Å². The van der Waals surface area contributed by atoms with E-state index >= 15 is 0 Å². The number of hydrogen-bond donors (Lipinski definition) is 6. The van der Waals surface area contributed by atoms with Crippen LogP contribution in [0.4, 0.5) is 0 Å². The lowest BCUT2D eigenvalue weighted by Gasteiger charge is -2.26. The van der Waals surface area contributed by atoms with Gasteiger partial charge in [0.05, 0.1) is 18.8 Å². The number of allylic oxidation sites excluding steroid dienone is 5. The first kappa shape index (κ1) is 50.6. The summed E-state index contributed by atoms with van der Waals surface area (Å²) >= 11 is 0. The van der Waals surface area contributed by atoms with Crippen molar-refractivity contribution >= 4 is 0 Å². The highest BCUT2D eigenvalue weighted by atomic mass is 16.5. The molecule has 0 saturated heterocycles. The molecule has 0 radical (unpaired) electrons. The number of unbranched alkanes of at least 4 members (excludes halogenated alkanes) is 8. The lowest BCUT2D eigenvalue weighted by atomic mass is 10.0. The third kappa shape index (κ3) is 21.6. The maximum Gasteiger partial charge on any atom is 0.121 e.